The lowest BCUT2D eigenvalue weighted by Gasteiger charge is -2.11. The van der Waals surface area contributed by atoms with Crippen LogP contribution in [0.4, 0.5) is 17.1 Å². The number of nitrogens with zero attached hydrogens (tertiary/aromatic N) is 1. The molecule has 0 radical (unpaired) electrons. The van der Waals surface area contributed by atoms with Crippen LogP contribution in [0.1, 0.15) is 0 Å². The van der Waals surface area contributed by atoms with Crippen molar-refractivity contribution in [1.29, 1.82) is 0 Å². The predicted molar refractivity (Wildman–Crippen MR) is 88.6 cm³/mol. The van der Waals surface area contributed by atoms with E-state index in [1.807, 2.05) is 36.4 Å². The summed E-state index contributed by atoms with van der Waals surface area (Å²) in [6.07, 6.45) is 1.80. The van der Waals surface area contributed by atoms with Crippen molar-refractivity contribution in [3.05, 3.63) is 58.3 Å². The molecule has 0 unspecified atom stereocenters. The van der Waals surface area contributed by atoms with E-state index in [0.717, 1.165) is 31.5 Å². The van der Waals surface area contributed by atoms with Crippen LogP contribution in [-0.2, 0) is 0 Å². The third-order valence-electron chi connectivity index (χ3n) is 2.91. The number of fused-ring (bicyclic) bond motifs is 1. The molecule has 4 heteroatoms. The highest BCUT2D eigenvalue weighted by molar-refractivity contribution is 14.1. The average Bonchev–Trinajstić information content (AvgIpc) is 2.42. The summed E-state index contributed by atoms with van der Waals surface area (Å²) in [5.74, 6) is 0. The van der Waals surface area contributed by atoms with E-state index >= 15 is 0 Å². The quantitative estimate of drug-likeness (QED) is 0.532. The highest BCUT2D eigenvalue weighted by atomic mass is 127. The van der Waals surface area contributed by atoms with Gasteiger partial charge in [0.2, 0.25) is 0 Å². The molecule has 0 amide bonds. The maximum absolute atomic E-state index is 5.77. The van der Waals surface area contributed by atoms with Crippen molar-refractivity contribution >= 4 is 50.6 Å². The summed E-state index contributed by atoms with van der Waals surface area (Å²) in [5.41, 5.74) is 9.62. The van der Waals surface area contributed by atoms with Crippen molar-refractivity contribution in [2.75, 3.05) is 11.1 Å². The molecular formula is C15H12IN3. The molecule has 2 aromatic carbocycles. The smallest absolute Gasteiger partial charge is 0.0722 e. The van der Waals surface area contributed by atoms with Crippen LogP contribution in [0.15, 0.2) is 54.7 Å². The lowest BCUT2D eigenvalue weighted by molar-refractivity contribution is 1.41. The number of nitrogens with two attached hydrogens (primary N) is 1. The molecule has 3 rings (SSSR count). The van der Waals surface area contributed by atoms with Crippen molar-refractivity contribution in [2.24, 2.45) is 0 Å². The number of nitrogens with one attached hydrogen (secondary N) is 1. The molecule has 3 N–H and O–H groups in total. The molecule has 0 aliphatic carbocycles. The number of hydrogen-bond donors (Lipinski definition) is 2. The van der Waals surface area contributed by atoms with Gasteiger partial charge in [-0.2, -0.15) is 0 Å². The van der Waals surface area contributed by atoms with Crippen LogP contribution in [0.5, 0.6) is 0 Å². The van der Waals surface area contributed by atoms with E-state index in [2.05, 4.69) is 45.0 Å². The van der Waals surface area contributed by atoms with E-state index in [4.69, 9.17) is 5.73 Å². The van der Waals surface area contributed by atoms with E-state index < -0.39 is 0 Å². The fourth-order valence-corrected chi connectivity index (χ4v) is 2.66. The summed E-state index contributed by atoms with van der Waals surface area (Å²) in [4.78, 5) is 4.36. The van der Waals surface area contributed by atoms with Crippen LogP contribution in [0.3, 0.4) is 0 Å². The summed E-state index contributed by atoms with van der Waals surface area (Å²) in [7, 11) is 0. The highest BCUT2D eigenvalue weighted by Crippen LogP contribution is 2.28. The Hall–Kier alpha value is -1.82. The Morgan fingerprint density at radius 2 is 1.89 bits per heavy atom. The van der Waals surface area contributed by atoms with E-state index in [1.165, 1.54) is 0 Å². The average molecular weight is 361 g/mol. The molecule has 3 nitrogen and oxygen atoms in total. The SMILES string of the molecule is Nc1ccc(Nc2cccc3ncccc23)c(I)c1. The molecule has 1 aromatic heterocycles. The molecule has 0 spiro atoms. The van der Waals surface area contributed by atoms with Crippen molar-refractivity contribution < 1.29 is 0 Å². The summed E-state index contributed by atoms with van der Waals surface area (Å²) in [6, 6.07) is 15.9. The predicted octanol–water partition coefficient (Wildman–Crippen LogP) is 4.17. The Labute approximate surface area is 125 Å². The van der Waals surface area contributed by atoms with Gasteiger partial charge >= 0.3 is 0 Å². The van der Waals surface area contributed by atoms with E-state index in [1.54, 1.807) is 6.20 Å². The number of halogens is 1. The molecule has 0 saturated heterocycles. The van der Waals surface area contributed by atoms with Crippen LogP contribution in [0, 0.1) is 3.57 Å². The van der Waals surface area contributed by atoms with Gasteiger partial charge in [-0.25, -0.2) is 0 Å². The second kappa shape index (κ2) is 5.05. The number of nitrogen functional groups attached to an aromatic ring is 1. The van der Waals surface area contributed by atoms with E-state index in [9.17, 15) is 0 Å². The van der Waals surface area contributed by atoms with Crippen molar-refractivity contribution in [1.82, 2.24) is 4.98 Å². The Morgan fingerprint density at radius 1 is 1.00 bits per heavy atom. The van der Waals surface area contributed by atoms with Crippen molar-refractivity contribution in [3.63, 3.8) is 0 Å². The van der Waals surface area contributed by atoms with Gasteiger partial charge in [0.15, 0.2) is 0 Å². The zero-order valence-electron chi connectivity index (χ0n) is 10.1. The Bertz CT molecular complexity index is 735. The normalized spacial score (nSPS) is 10.6. The van der Waals surface area contributed by atoms with Gasteiger partial charge in [0.1, 0.15) is 0 Å². The zero-order valence-corrected chi connectivity index (χ0v) is 12.3. The molecule has 0 aliphatic heterocycles. The number of benzene rings is 2. The lowest BCUT2D eigenvalue weighted by atomic mass is 10.1. The summed E-state index contributed by atoms with van der Waals surface area (Å²) in [6.45, 7) is 0. The van der Waals surface area contributed by atoms with Gasteiger partial charge in [-0.1, -0.05) is 6.07 Å². The molecule has 0 saturated carbocycles. The van der Waals surface area contributed by atoms with Crippen LogP contribution >= 0.6 is 22.6 Å². The second-order valence-electron chi connectivity index (χ2n) is 4.24. The molecule has 19 heavy (non-hydrogen) atoms. The third kappa shape index (κ3) is 2.49. The standard InChI is InChI=1S/C15H12IN3/c16-12-9-10(17)6-7-15(12)19-14-5-1-4-13-11(14)3-2-8-18-13/h1-9,19H,17H2. The van der Waals surface area contributed by atoms with Crippen LogP contribution in [-0.4, -0.2) is 4.98 Å². The van der Waals surface area contributed by atoms with Gasteiger partial charge < -0.3 is 11.1 Å². The van der Waals surface area contributed by atoms with Crippen LogP contribution in [0.25, 0.3) is 10.9 Å². The van der Waals surface area contributed by atoms with Gasteiger partial charge in [0, 0.05) is 26.5 Å². The first-order valence-corrected chi connectivity index (χ1v) is 6.98. The van der Waals surface area contributed by atoms with Crippen molar-refractivity contribution in [3.8, 4) is 0 Å². The van der Waals surface area contributed by atoms with Crippen molar-refractivity contribution in [2.45, 2.75) is 0 Å². The molecule has 0 bridgehead atoms. The van der Waals surface area contributed by atoms with Crippen LogP contribution < -0.4 is 11.1 Å². The largest absolute Gasteiger partial charge is 0.399 e. The zero-order chi connectivity index (χ0) is 13.2. The van der Waals surface area contributed by atoms with E-state index in [-0.39, 0.29) is 0 Å². The monoisotopic (exact) mass is 361 g/mol. The summed E-state index contributed by atoms with van der Waals surface area (Å²) >= 11 is 2.28. The molecule has 0 atom stereocenters. The number of pyridine rings is 1. The van der Waals surface area contributed by atoms with Gasteiger partial charge in [-0.3, -0.25) is 4.98 Å². The van der Waals surface area contributed by atoms with Gasteiger partial charge in [0.25, 0.3) is 0 Å². The van der Waals surface area contributed by atoms with Gasteiger partial charge in [-0.05, 0) is 65.1 Å². The summed E-state index contributed by atoms with van der Waals surface area (Å²) in [5, 5.41) is 4.55. The minimum atomic E-state index is 0.773. The van der Waals surface area contributed by atoms with Gasteiger partial charge in [0.05, 0.1) is 11.2 Å². The first-order valence-electron chi connectivity index (χ1n) is 5.90. The third-order valence-corrected chi connectivity index (χ3v) is 3.80. The fraction of sp³-hybridized carbons (Fsp3) is 0. The Morgan fingerprint density at radius 3 is 2.74 bits per heavy atom. The summed E-state index contributed by atoms with van der Waals surface area (Å²) < 4.78 is 1.10. The fourth-order valence-electron chi connectivity index (χ4n) is 1.99. The van der Waals surface area contributed by atoms with Gasteiger partial charge in [-0.15, -0.1) is 0 Å². The minimum absolute atomic E-state index is 0.773. The highest BCUT2D eigenvalue weighted by Gasteiger charge is 2.04. The second-order valence-corrected chi connectivity index (χ2v) is 5.40. The topological polar surface area (TPSA) is 50.9 Å². The molecule has 0 aliphatic rings. The molecule has 0 fully saturated rings. The minimum Gasteiger partial charge on any atom is -0.399 e. The first kappa shape index (κ1) is 12.2. The van der Waals surface area contributed by atoms with Crippen LogP contribution in [0.2, 0.25) is 0 Å². The number of hydrogen-bond acceptors (Lipinski definition) is 3. The first-order chi connectivity index (χ1) is 9.24. The molecule has 3 aromatic rings. The Kier molecular flexibility index (Phi) is 3.25. The number of rotatable bonds is 2. The molecule has 94 valence electrons. The molecule has 1 heterocycles. The Balaban J connectivity index is 2.06. The maximum Gasteiger partial charge on any atom is 0.0722 e. The number of anilines is 3. The van der Waals surface area contributed by atoms with E-state index in [0.29, 0.717) is 0 Å². The molecular weight excluding hydrogens is 349 g/mol. The lowest BCUT2D eigenvalue weighted by Crippen LogP contribution is -1.95. The maximum atomic E-state index is 5.77. The number of aromatic nitrogens is 1.